The fraction of sp³-hybridized carbons (Fsp3) is 0.647. The van der Waals surface area contributed by atoms with Crippen molar-refractivity contribution in [2.24, 2.45) is 16.4 Å². The van der Waals surface area contributed by atoms with E-state index >= 15 is 0 Å². The molecular weight excluding hydrogens is 370 g/mol. The molecule has 0 aliphatic carbocycles. The molecule has 0 aliphatic heterocycles. The first-order valence-corrected chi connectivity index (χ1v) is 11.7. The summed E-state index contributed by atoms with van der Waals surface area (Å²) in [5, 5.41) is 3.85. The zero-order valence-electron chi connectivity index (χ0n) is 14.8. The third-order valence-electron chi connectivity index (χ3n) is 3.80. The molecule has 0 N–H and O–H groups in total. The highest BCUT2D eigenvalue weighted by atomic mass is 79.9. The van der Waals surface area contributed by atoms with Crippen molar-refractivity contribution in [2.75, 3.05) is 6.54 Å². The van der Waals surface area contributed by atoms with Gasteiger partial charge in [0.15, 0.2) is 9.04 Å². The second-order valence-electron chi connectivity index (χ2n) is 7.31. The predicted octanol–water partition coefficient (Wildman–Crippen LogP) is 5.72. The van der Waals surface area contributed by atoms with Gasteiger partial charge in [-0.05, 0) is 60.5 Å². The number of halogens is 1. The molecule has 4 nitrogen and oxygen atoms in total. The summed E-state index contributed by atoms with van der Waals surface area (Å²) >= 11 is 3.47. The first kappa shape index (κ1) is 20.2. The van der Waals surface area contributed by atoms with E-state index in [9.17, 15) is 0 Å². The van der Waals surface area contributed by atoms with Gasteiger partial charge in [-0.3, -0.25) is 0 Å². The van der Waals surface area contributed by atoms with Crippen LogP contribution in [0.1, 0.15) is 32.8 Å². The van der Waals surface area contributed by atoms with E-state index in [4.69, 9.17) is 9.96 Å². The summed E-state index contributed by atoms with van der Waals surface area (Å²) in [5.74, 6) is 0.240. The topological polar surface area (TPSA) is 58.0 Å². The summed E-state index contributed by atoms with van der Waals surface area (Å²) in [5.41, 5.74) is 10.1. The summed E-state index contributed by atoms with van der Waals surface area (Å²) in [6.07, 6.45) is 2.05. The molecule has 1 unspecified atom stereocenters. The van der Waals surface area contributed by atoms with Crippen LogP contribution >= 0.6 is 15.9 Å². The normalized spacial score (nSPS) is 14.4. The maximum Gasteiger partial charge on any atom is 0.171 e. The first-order valence-electron chi connectivity index (χ1n) is 8.14. The maximum atomic E-state index is 8.72. The molecule has 1 aromatic carbocycles. The van der Waals surface area contributed by atoms with Gasteiger partial charge < -0.3 is 4.43 Å². The fourth-order valence-corrected chi connectivity index (χ4v) is 4.28. The van der Waals surface area contributed by atoms with Gasteiger partial charge in [-0.25, -0.2) is 0 Å². The van der Waals surface area contributed by atoms with Gasteiger partial charge in [0.25, 0.3) is 0 Å². The van der Waals surface area contributed by atoms with Crippen LogP contribution in [0.2, 0.25) is 13.1 Å². The van der Waals surface area contributed by atoms with Gasteiger partial charge >= 0.3 is 0 Å². The van der Waals surface area contributed by atoms with Crippen molar-refractivity contribution in [3.8, 4) is 0 Å². The Bertz CT molecular complexity index is 522. The molecule has 1 aromatic rings. The standard InChI is InChI=1S/C17H28BrN3OSi/c1-17(2,3)16(22-23(4)5)14(12-20-21-19)9-6-13-7-10-15(18)11-8-13/h7-8,10-11,14,16,23H,6,9,12H2,1-5H3/t14-,16?/m0/s1. The molecule has 23 heavy (non-hydrogen) atoms. The zero-order valence-corrected chi connectivity index (χ0v) is 17.5. The van der Waals surface area contributed by atoms with E-state index in [1.807, 2.05) is 0 Å². The quantitative estimate of drug-likeness (QED) is 0.239. The lowest BCUT2D eigenvalue weighted by Crippen LogP contribution is -2.41. The number of hydrogen-bond donors (Lipinski definition) is 0. The Balaban J connectivity index is 2.87. The molecule has 0 radical (unpaired) electrons. The highest BCUT2D eigenvalue weighted by Crippen LogP contribution is 2.32. The Morgan fingerprint density at radius 3 is 2.35 bits per heavy atom. The minimum atomic E-state index is -1.16. The van der Waals surface area contributed by atoms with E-state index in [0.29, 0.717) is 6.54 Å². The number of azide groups is 1. The van der Waals surface area contributed by atoms with Gasteiger partial charge in [0.05, 0.1) is 6.10 Å². The Kier molecular flexibility index (Phi) is 8.33. The van der Waals surface area contributed by atoms with Crippen LogP contribution in [-0.2, 0) is 10.8 Å². The molecule has 0 saturated carbocycles. The Hall–Kier alpha value is -0.813. The van der Waals surface area contributed by atoms with Gasteiger partial charge in [-0.15, -0.1) is 0 Å². The van der Waals surface area contributed by atoms with Crippen LogP contribution in [-0.4, -0.2) is 21.7 Å². The minimum Gasteiger partial charge on any atom is -0.417 e. The number of hydrogen-bond acceptors (Lipinski definition) is 2. The summed E-state index contributed by atoms with van der Waals surface area (Å²) in [4.78, 5) is 2.96. The maximum absolute atomic E-state index is 8.72. The first-order chi connectivity index (χ1) is 10.7. The lowest BCUT2D eigenvalue weighted by molar-refractivity contribution is 0.0327. The molecule has 0 heterocycles. The van der Waals surface area contributed by atoms with Crippen LogP contribution in [0.4, 0.5) is 0 Å². The second-order valence-corrected chi connectivity index (χ2v) is 10.6. The highest BCUT2D eigenvalue weighted by molar-refractivity contribution is 9.10. The van der Waals surface area contributed by atoms with E-state index in [1.165, 1.54) is 5.56 Å². The molecule has 0 saturated heterocycles. The Morgan fingerprint density at radius 1 is 1.26 bits per heavy atom. The molecule has 0 aromatic heterocycles. The van der Waals surface area contributed by atoms with Crippen molar-refractivity contribution >= 4 is 25.0 Å². The number of aryl methyl sites for hydroxylation is 1. The molecule has 1 rings (SSSR count). The smallest absolute Gasteiger partial charge is 0.171 e. The molecule has 2 atom stereocenters. The molecule has 6 heteroatoms. The lowest BCUT2D eigenvalue weighted by atomic mass is 9.79. The molecule has 0 spiro atoms. The fourth-order valence-electron chi connectivity index (χ4n) is 2.80. The van der Waals surface area contributed by atoms with Crippen LogP contribution in [0.3, 0.4) is 0 Å². The van der Waals surface area contributed by atoms with Gasteiger partial charge in [0.1, 0.15) is 0 Å². The summed E-state index contributed by atoms with van der Waals surface area (Å²) < 4.78 is 7.42. The predicted molar refractivity (Wildman–Crippen MR) is 103 cm³/mol. The largest absolute Gasteiger partial charge is 0.417 e. The molecule has 0 amide bonds. The van der Waals surface area contributed by atoms with E-state index in [2.05, 4.69) is 84.1 Å². The summed E-state index contributed by atoms with van der Waals surface area (Å²) in [6, 6.07) is 8.41. The molecule has 0 aliphatic rings. The lowest BCUT2D eigenvalue weighted by Gasteiger charge is -2.38. The van der Waals surface area contributed by atoms with E-state index in [0.717, 1.165) is 17.3 Å². The van der Waals surface area contributed by atoms with Crippen LogP contribution in [0.5, 0.6) is 0 Å². The third kappa shape index (κ3) is 7.53. The molecule has 0 bridgehead atoms. The zero-order chi connectivity index (χ0) is 17.5. The highest BCUT2D eigenvalue weighted by Gasteiger charge is 2.33. The molecule has 128 valence electrons. The van der Waals surface area contributed by atoms with Crippen molar-refractivity contribution in [1.82, 2.24) is 0 Å². The SMILES string of the molecule is C[SiH](C)OC([C@@H](CCc1ccc(Br)cc1)CN=[N+]=[N-])C(C)(C)C. The van der Waals surface area contributed by atoms with E-state index < -0.39 is 9.04 Å². The van der Waals surface area contributed by atoms with Crippen LogP contribution in [0.15, 0.2) is 33.9 Å². The van der Waals surface area contributed by atoms with E-state index in [-0.39, 0.29) is 17.4 Å². The van der Waals surface area contributed by atoms with Crippen molar-refractivity contribution in [1.29, 1.82) is 0 Å². The van der Waals surface area contributed by atoms with Crippen molar-refractivity contribution in [3.63, 3.8) is 0 Å². The minimum absolute atomic E-state index is 0.0344. The Morgan fingerprint density at radius 2 is 1.87 bits per heavy atom. The summed E-state index contributed by atoms with van der Waals surface area (Å²) in [6.45, 7) is 11.5. The van der Waals surface area contributed by atoms with Gasteiger partial charge in [0, 0.05) is 15.9 Å². The molecular formula is C17H28BrN3OSi. The monoisotopic (exact) mass is 397 g/mol. The van der Waals surface area contributed by atoms with Gasteiger partial charge in [0.2, 0.25) is 0 Å². The summed E-state index contributed by atoms with van der Waals surface area (Å²) in [7, 11) is -1.16. The van der Waals surface area contributed by atoms with Crippen LogP contribution in [0.25, 0.3) is 10.4 Å². The van der Waals surface area contributed by atoms with Crippen LogP contribution < -0.4 is 0 Å². The van der Waals surface area contributed by atoms with Crippen molar-refractivity contribution < 1.29 is 4.43 Å². The molecule has 0 fully saturated rings. The van der Waals surface area contributed by atoms with Crippen LogP contribution in [0, 0.1) is 11.3 Å². The van der Waals surface area contributed by atoms with Crippen molar-refractivity contribution in [3.05, 3.63) is 44.7 Å². The third-order valence-corrected chi connectivity index (χ3v) is 5.16. The Labute approximate surface area is 150 Å². The average molecular weight is 398 g/mol. The van der Waals surface area contributed by atoms with Gasteiger partial charge in [-0.1, -0.05) is 53.9 Å². The second kappa shape index (κ2) is 9.47. The van der Waals surface area contributed by atoms with Crippen molar-refractivity contribution in [2.45, 2.75) is 52.8 Å². The number of benzene rings is 1. The number of rotatable bonds is 8. The van der Waals surface area contributed by atoms with E-state index in [1.54, 1.807) is 0 Å². The average Bonchev–Trinajstić information content (AvgIpc) is 2.46. The number of nitrogens with zero attached hydrogens (tertiary/aromatic N) is 3. The van der Waals surface area contributed by atoms with Gasteiger partial charge in [-0.2, -0.15) is 0 Å².